The Kier molecular flexibility index (Phi) is 4.37. The van der Waals surface area contributed by atoms with Crippen LogP contribution in [0.2, 0.25) is 0 Å². The highest BCUT2D eigenvalue weighted by Gasteiger charge is 2.52. The maximum atomic E-state index is 12.9. The molecule has 0 spiro atoms. The van der Waals surface area contributed by atoms with Gasteiger partial charge in [-0.2, -0.15) is 0 Å². The smallest absolute Gasteiger partial charge is 0.248 e. The van der Waals surface area contributed by atoms with Crippen LogP contribution >= 0.6 is 11.8 Å². The van der Waals surface area contributed by atoms with E-state index in [9.17, 15) is 9.59 Å². The van der Waals surface area contributed by atoms with Crippen molar-refractivity contribution in [1.82, 2.24) is 4.90 Å². The fourth-order valence-electron chi connectivity index (χ4n) is 3.89. The summed E-state index contributed by atoms with van der Waals surface area (Å²) in [5, 5.41) is 3.07. The first-order valence-electron chi connectivity index (χ1n) is 8.77. The molecule has 0 unspecified atom stereocenters. The van der Waals surface area contributed by atoms with Crippen LogP contribution in [0.5, 0.6) is 0 Å². The first-order chi connectivity index (χ1) is 12.1. The molecule has 7 heteroatoms. The highest BCUT2D eigenvalue weighted by molar-refractivity contribution is 8.01. The molecule has 0 bridgehead atoms. The average Bonchev–Trinajstić information content (AvgIpc) is 3.12. The molecule has 3 fully saturated rings. The lowest BCUT2D eigenvalue weighted by atomic mass is 10.2. The van der Waals surface area contributed by atoms with Gasteiger partial charge in [0, 0.05) is 25.3 Å². The standard InChI is InChI=1S/C18H23N3O3S/c1-18-7-6-16(22)21(18)15(12-25-18)17(23)19-13-4-2-3-5-14(13)20-8-10-24-11-9-20/h2-5,15H,6-12H2,1H3,(H,19,23)/t15-,18+/m1/s1. The van der Waals surface area contributed by atoms with Crippen LogP contribution in [0.3, 0.4) is 0 Å². The van der Waals surface area contributed by atoms with Crippen LogP contribution in [0.25, 0.3) is 0 Å². The Balaban J connectivity index is 1.53. The molecule has 6 nitrogen and oxygen atoms in total. The Morgan fingerprint density at radius 3 is 2.88 bits per heavy atom. The van der Waals surface area contributed by atoms with Gasteiger partial charge in [0.05, 0.1) is 29.5 Å². The van der Waals surface area contributed by atoms with E-state index in [4.69, 9.17) is 4.74 Å². The lowest BCUT2D eigenvalue weighted by Crippen LogP contribution is -2.48. The van der Waals surface area contributed by atoms with Crippen molar-refractivity contribution in [2.24, 2.45) is 0 Å². The highest BCUT2D eigenvalue weighted by Crippen LogP contribution is 2.47. The van der Waals surface area contributed by atoms with Gasteiger partial charge in [-0.3, -0.25) is 9.59 Å². The van der Waals surface area contributed by atoms with Crippen molar-refractivity contribution in [2.75, 3.05) is 42.3 Å². The van der Waals surface area contributed by atoms with Gasteiger partial charge < -0.3 is 19.9 Å². The quantitative estimate of drug-likeness (QED) is 0.891. The number of nitrogens with one attached hydrogen (secondary N) is 1. The maximum absolute atomic E-state index is 12.9. The zero-order valence-corrected chi connectivity index (χ0v) is 15.2. The van der Waals surface area contributed by atoms with E-state index in [2.05, 4.69) is 17.1 Å². The predicted molar refractivity (Wildman–Crippen MR) is 98.8 cm³/mol. The highest BCUT2D eigenvalue weighted by atomic mass is 32.2. The molecule has 134 valence electrons. The number of thioether (sulfide) groups is 1. The van der Waals surface area contributed by atoms with Gasteiger partial charge in [-0.25, -0.2) is 0 Å². The van der Waals surface area contributed by atoms with Gasteiger partial charge in [-0.1, -0.05) is 12.1 Å². The summed E-state index contributed by atoms with van der Waals surface area (Å²) in [4.78, 5) is 29.0. The topological polar surface area (TPSA) is 61.9 Å². The van der Waals surface area contributed by atoms with Crippen LogP contribution in [0, 0.1) is 0 Å². The third kappa shape index (κ3) is 3.00. The van der Waals surface area contributed by atoms with Gasteiger partial charge in [0.25, 0.3) is 0 Å². The van der Waals surface area contributed by atoms with Crippen molar-refractivity contribution in [2.45, 2.75) is 30.7 Å². The maximum Gasteiger partial charge on any atom is 0.248 e. The van der Waals surface area contributed by atoms with E-state index in [1.807, 2.05) is 24.3 Å². The molecular formula is C18H23N3O3S. The minimum Gasteiger partial charge on any atom is -0.378 e. The molecule has 3 saturated heterocycles. The number of para-hydroxylation sites is 2. The normalized spacial score (nSPS) is 29.0. The van der Waals surface area contributed by atoms with E-state index in [0.29, 0.717) is 25.4 Å². The molecule has 3 aliphatic heterocycles. The molecule has 1 N–H and O–H groups in total. The lowest BCUT2D eigenvalue weighted by Gasteiger charge is -2.32. The van der Waals surface area contributed by atoms with Crippen molar-refractivity contribution in [3.63, 3.8) is 0 Å². The number of fused-ring (bicyclic) bond motifs is 1. The van der Waals surface area contributed by atoms with Crippen molar-refractivity contribution in [3.8, 4) is 0 Å². The van der Waals surface area contributed by atoms with Crippen LogP contribution in [0.15, 0.2) is 24.3 Å². The molecule has 1 aromatic rings. The molecule has 0 saturated carbocycles. The summed E-state index contributed by atoms with van der Waals surface area (Å²) < 4.78 is 5.42. The summed E-state index contributed by atoms with van der Waals surface area (Å²) in [6, 6.07) is 7.47. The van der Waals surface area contributed by atoms with Gasteiger partial charge in [-0.15, -0.1) is 11.8 Å². The molecular weight excluding hydrogens is 338 g/mol. The van der Waals surface area contributed by atoms with Gasteiger partial charge in [0.1, 0.15) is 6.04 Å². The number of hydrogen-bond donors (Lipinski definition) is 1. The van der Waals surface area contributed by atoms with E-state index >= 15 is 0 Å². The summed E-state index contributed by atoms with van der Waals surface area (Å²) >= 11 is 1.72. The molecule has 0 radical (unpaired) electrons. The summed E-state index contributed by atoms with van der Waals surface area (Å²) in [5.74, 6) is 0.662. The van der Waals surface area contributed by atoms with Crippen LogP contribution in [0.1, 0.15) is 19.8 Å². The van der Waals surface area contributed by atoms with E-state index < -0.39 is 0 Å². The molecule has 3 aliphatic rings. The summed E-state index contributed by atoms with van der Waals surface area (Å²) in [5.41, 5.74) is 1.82. The lowest BCUT2D eigenvalue weighted by molar-refractivity contribution is -0.135. The van der Waals surface area contributed by atoms with E-state index in [-0.39, 0.29) is 22.7 Å². The first-order valence-corrected chi connectivity index (χ1v) is 9.76. The summed E-state index contributed by atoms with van der Waals surface area (Å²) in [6.07, 6.45) is 1.36. The Bertz CT molecular complexity index is 692. The molecule has 3 heterocycles. The summed E-state index contributed by atoms with van der Waals surface area (Å²) in [7, 11) is 0. The first kappa shape index (κ1) is 16.7. The van der Waals surface area contributed by atoms with E-state index in [0.717, 1.165) is 30.9 Å². The van der Waals surface area contributed by atoms with Gasteiger partial charge in [-0.05, 0) is 25.5 Å². The predicted octanol–water partition coefficient (Wildman–Crippen LogP) is 1.92. The molecule has 0 aromatic heterocycles. The fraction of sp³-hybridized carbons (Fsp3) is 0.556. The number of carbonyl (C=O) groups is 2. The Hall–Kier alpha value is -1.73. The molecule has 2 atom stereocenters. The van der Waals surface area contributed by atoms with Gasteiger partial charge in [0.15, 0.2) is 0 Å². The van der Waals surface area contributed by atoms with Crippen LogP contribution < -0.4 is 10.2 Å². The van der Waals surface area contributed by atoms with E-state index in [1.165, 1.54) is 0 Å². The van der Waals surface area contributed by atoms with Gasteiger partial charge >= 0.3 is 0 Å². The second kappa shape index (κ2) is 6.53. The van der Waals surface area contributed by atoms with Crippen LogP contribution in [0.4, 0.5) is 11.4 Å². The second-order valence-corrected chi connectivity index (χ2v) is 8.37. The number of benzene rings is 1. The third-order valence-corrected chi connectivity index (χ3v) is 6.77. The molecule has 2 amide bonds. The number of carbonyl (C=O) groups excluding carboxylic acids is 2. The molecule has 1 aromatic carbocycles. The van der Waals surface area contributed by atoms with Crippen molar-refractivity contribution < 1.29 is 14.3 Å². The Labute approximate surface area is 151 Å². The Morgan fingerprint density at radius 1 is 1.32 bits per heavy atom. The van der Waals surface area contributed by atoms with Crippen LogP contribution in [-0.4, -0.2) is 59.7 Å². The number of morpholine rings is 1. The van der Waals surface area contributed by atoms with Crippen molar-refractivity contribution in [1.29, 1.82) is 0 Å². The Morgan fingerprint density at radius 2 is 2.08 bits per heavy atom. The van der Waals surface area contributed by atoms with E-state index in [1.54, 1.807) is 16.7 Å². The minimum atomic E-state index is -0.386. The minimum absolute atomic E-state index is 0.0906. The number of rotatable bonds is 3. The number of anilines is 2. The number of amides is 2. The zero-order valence-electron chi connectivity index (χ0n) is 14.4. The fourth-order valence-corrected chi connectivity index (χ4v) is 5.32. The van der Waals surface area contributed by atoms with Crippen LogP contribution in [-0.2, 0) is 14.3 Å². The number of ether oxygens (including phenoxy) is 1. The molecule has 25 heavy (non-hydrogen) atoms. The monoisotopic (exact) mass is 361 g/mol. The summed E-state index contributed by atoms with van der Waals surface area (Å²) in [6.45, 7) is 5.09. The van der Waals surface area contributed by atoms with Crippen molar-refractivity contribution in [3.05, 3.63) is 24.3 Å². The SMILES string of the molecule is C[C@]12CCC(=O)N1[C@@H](C(=O)Nc1ccccc1N1CCOCC1)CS2. The third-order valence-electron chi connectivity index (χ3n) is 5.26. The molecule has 0 aliphatic carbocycles. The zero-order chi connectivity index (χ0) is 17.4. The average molecular weight is 361 g/mol. The van der Waals surface area contributed by atoms with Crippen molar-refractivity contribution >= 4 is 35.0 Å². The number of nitrogens with zero attached hydrogens (tertiary/aromatic N) is 2. The molecule has 4 rings (SSSR count). The largest absolute Gasteiger partial charge is 0.378 e. The van der Waals surface area contributed by atoms with Gasteiger partial charge in [0.2, 0.25) is 11.8 Å². The second-order valence-electron chi connectivity index (χ2n) is 6.87. The number of hydrogen-bond acceptors (Lipinski definition) is 5.